The van der Waals surface area contributed by atoms with E-state index in [1.165, 1.54) is 59.1 Å². The number of rotatable bonds is 6. The van der Waals surface area contributed by atoms with E-state index in [1.54, 1.807) is 18.2 Å². The second-order valence-corrected chi connectivity index (χ2v) is 14.6. The lowest BCUT2D eigenvalue weighted by atomic mass is 9.68. The molecule has 7 atom stereocenters. The lowest BCUT2D eigenvalue weighted by Gasteiger charge is -2.43. The average molecular weight is 696 g/mol. The van der Waals surface area contributed by atoms with Crippen molar-refractivity contribution < 1.29 is 36.7 Å². The Bertz CT molecular complexity index is 2030. The van der Waals surface area contributed by atoms with Crippen LogP contribution in [-0.2, 0) is 20.6 Å². The Morgan fingerprint density at radius 3 is 2.38 bits per heavy atom. The summed E-state index contributed by atoms with van der Waals surface area (Å²) >= 11 is 2.58. The van der Waals surface area contributed by atoms with Crippen molar-refractivity contribution in [2.45, 2.75) is 28.8 Å². The number of hydrogen-bond acceptors (Lipinski definition) is 7. The highest BCUT2D eigenvalue weighted by Gasteiger charge is 2.69. The first-order valence-corrected chi connectivity index (χ1v) is 16.9. The Hall–Kier alpha value is -4.43. The van der Waals surface area contributed by atoms with E-state index in [1.807, 2.05) is 6.07 Å². The van der Waals surface area contributed by atoms with E-state index in [0.29, 0.717) is 28.4 Å². The van der Waals surface area contributed by atoms with Crippen LogP contribution in [0.1, 0.15) is 28.3 Å². The van der Waals surface area contributed by atoms with Crippen molar-refractivity contribution in [2.24, 2.45) is 29.6 Å². The lowest BCUT2D eigenvalue weighted by Crippen LogP contribution is -2.42. The number of aromatic nitrogens is 1. The standard InChI is InChI=1S/C34H25F4N3O5S2/c35-15-9-11-16(12-10-15)41-31(43)26-18-13-19(27(26)32(41)44)28-25(18)24(29-30(47-28)40-33(45)48-29)17-5-1-4-8-22(17)46-14-23(42)39-21-7-3-2-6-20(21)34(36,37)38/h1-12,18-19,24-28H,13-14H2,(H,39,42)(H,40,45)/t18-,19-,24-,25?,26?,27?,28?/m1/s1. The molecule has 3 fully saturated rings. The number of hydrogen-bond donors (Lipinski definition) is 2. The molecular weight excluding hydrogens is 671 g/mol. The van der Waals surface area contributed by atoms with E-state index < -0.39 is 47.8 Å². The van der Waals surface area contributed by atoms with Crippen LogP contribution in [0.15, 0.2) is 82.6 Å². The summed E-state index contributed by atoms with van der Waals surface area (Å²) in [7, 11) is 0. The molecular formula is C34H25F4N3O5S2. The molecule has 2 aliphatic carbocycles. The third-order valence-corrected chi connectivity index (χ3v) is 12.5. The summed E-state index contributed by atoms with van der Waals surface area (Å²) < 4.78 is 60.1. The molecule has 0 radical (unpaired) electrons. The second-order valence-electron chi connectivity index (χ2n) is 12.4. The van der Waals surface area contributed by atoms with Crippen LogP contribution in [0, 0.1) is 35.4 Å². The SMILES string of the molecule is O=C(COc1ccccc1[C@H]1c2sc(=O)[nH]c2SC2C1[C@H]1C[C@@H]2C2C(=O)N(c3ccc(F)cc3)C(=O)C21)Nc1ccccc1C(F)(F)F. The van der Waals surface area contributed by atoms with Crippen molar-refractivity contribution >= 4 is 52.2 Å². The van der Waals surface area contributed by atoms with E-state index in [2.05, 4.69) is 10.3 Å². The first-order chi connectivity index (χ1) is 23.0. The molecule has 14 heteroatoms. The molecule has 0 spiro atoms. The monoisotopic (exact) mass is 695 g/mol. The van der Waals surface area contributed by atoms with Crippen molar-refractivity contribution in [3.63, 3.8) is 0 Å². The van der Waals surface area contributed by atoms with Gasteiger partial charge < -0.3 is 15.0 Å². The van der Waals surface area contributed by atoms with Gasteiger partial charge in [-0.2, -0.15) is 13.2 Å². The number of ether oxygens (including phenoxy) is 1. The van der Waals surface area contributed by atoms with Crippen LogP contribution < -0.4 is 19.8 Å². The molecule has 4 aliphatic rings. The van der Waals surface area contributed by atoms with Crippen LogP contribution in [0.4, 0.5) is 28.9 Å². The van der Waals surface area contributed by atoms with Crippen molar-refractivity contribution in [1.82, 2.24) is 4.98 Å². The average Bonchev–Trinajstić information content (AvgIpc) is 3.79. The van der Waals surface area contributed by atoms with Gasteiger partial charge in [0.2, 0.25) is 11.8 Å². The fourth-order valence-corrected chi connectivity index (χ4v) is 11.1. The zero-order valence-corrected chi connectivity index (χ0v) is 26.3. The number of imide groups is 1. The number of fused-ring (bicyclic) bond motifs is 9. The number of nitrogens with zero attached hydrogens (tertiary/aromatic N) is 1. The van der Waals surface area contributed by atoms with E-state index in [-0.39, 0.29) is 45.4 Å². The summed E-state index contributed by atoms with van der Waals surface area (Å²) in [4.78, 5) is 57.9. The number of alkyl halides is 3. The molecule has 3 aromatic carbocycles. The van der Waals surface area contributed by atoms with Crippen molar-refractivity contribution in [2.75, 3.05) is 16.8 Å². The van der Waals surface area contributed by atoms with Gasteiger partial charge in [0.15, 0.2) is 6.61 Å². The largest absolute Gasteiger partial charge is 0.483 e. The molecule has 246 valence electrons. The Morgan fingerprint density at radius 1 is 0.938 bits per heavy atom. The first kappa shape index (κ1) is 30.9. The molecule has 2 bridgehead atoms. The van der Waals surface area contributed by atoms with Crippen LogP contribution >= 0.6 is 23.1 Å². The van der Waals surface area contributed by atoms with Gasteiger partial charge >= 0.3 is 11.0 Å². The third-order valence-electron chi connectivity index (χ3n) is 9.93. The number of benzene rings is 3. The van der Waals surface area contributed by atoms with Gasteiger partial charge in [0.25, 0.3) is 5.91 Å². The van der Waals surface area contributed by atoms with Crippen LogP contribution in [-0.4, -0.2) is 34.6 Å². The fraction of sp³-hybridized carbons (Fsp3) is 0.294. The fourth-order valence-electron chi connectivity index (χ4n) is 8.25. The van der Waals surface area contributed by atoms with Crippen LogP contribution in [0.3, 0.4) is 0 Å². The van der Waals surface area contributed by atoms with Gasteiger partial charge in [0, 0.05) is 21.6 Å². The molecule has 8 rings (SSSR count). The molecule has 1 saturated heterocycles. The number of halogens is 4. The third kappa shape index (κ3) is 4.87. The number of carbonyl (C=O) groups is 3. The number of nitrogens with one attached hydrogen (secondary N) is 2. The number of anilines is 2. The number of thioether (sulfide) groups is 1. The predicted octanol–water partition coefficient (Wildman–Crippen LogP) is 6.29. The summed E-state index contributed by atoms with van der Waals surface area (Å²) in [6, 6.07) is 16.9. The van der Waals surface area contributed by atoms with Crippen LogP contribution in [0.5, 0.6) is 5.75 Å². The molecule has 48 heavy (non-hydrogen) atoms. The predicted molar refractivity (Wildman–Crippen MR) is 169 cm³/mol. The van der Waals surface area contributed by atoms with Crippen molar-refractivity contribution in [1.29, 1.82) is 0 Å². The Labute approximate surface area is 278 Å². The number of amides is 3. The Morgan fingerprint density at radius 2 is 1.62 bits per heavy atom. The van der Waals surface area contributed by atoms with Gasteiger partial charge in [-0.25, -0.2) is 4.39 Å². The van der Waals surface area contributed by atoms with E-state index >= 15 is 0 Å². The van der Waals surface area contributed by atoms with Crippen LogP contribution in [0.25, 0.3) is 0 Å². The molecule has 3 amide bonds. The zero-order valence-electron chi connectivity index (χ0n) is 24.7. The Balaban J connectivity index is 1.11. The molecule has 2 saturated carbocycles. The first-order valence-electron chi connectivity index (χ1n) is 15.2. The summed E-state index contributed by atoms with van der Waals surface area (Å²) in [5.41, 5.74) is -0.371. The smallest absolute Gasteiger partial charge is 0.418 e. The molecule has 2 N–H and O–H groups in total. The normalized spacial score (nSPS) is 27.1. The summed E-state index contributed by atoms with van der Waals surface area (Å²) in [6.07, 6.45) is -4.02. The minimum absolute atomic E-state index is 0.112. The molecule has 8 nitrogen and oxygen atoms in total. The lowest BCUT2D eigenvalue weighted by molar-refractivity contribution is -0.137. The number of para-hydroxylation sites is 2. The van der Waals surface area contributed by atoms with Crippen molar-refractivity contribution in [3.05, 3.63) is 104 Å². The maximum atomic E-state index is 13.9. The summed E-state index contributed by atoms with van der Waals surface area (Å²) in [5.74, 6) is -3.62. The second kappa shape index (κ2) is 11.3. The zero-order chi connectivity index (χ0) is 33.5. The quantitative estimate of drug-likeness (QED) is 0.181. The van der Waals surface area contributed by atoms with Gasteiger partial charge in [-0.15, -0.1) is 11.8 Å². The topological polar surface area (TPSA) is 109 Å². The molecule has 2 aliphatic heterocycles. The highest BCUT2D eigenvalue weighted by atomic mass is 32.2. The molecule has 1 aromatic heterocycles. The number of H-pyrrole nitrogens is 1. The molecule has 3 heterocycles. The van der Waals surface area contributed by atoms with Gasteiger partial charge in [-0.05, 0) is 66.6 Å². The van der Waals surface area contributed by atoms with Gasteiger partial charge in [-0.1, -0.05) is 41.7 Å². The number of thiazole rings is 1. The van der Waals surface area contributed by atoms with E-state index in [4.69, 9.17) is 4.74 Å². The maximum Gasteiger partial charge on any atom is 0.418 e. The number of aromatic amines is 1. The highest BCUT2D eigenvalue weighted by Crippen LogP contribution is 2.69. The van der Waals surface area contributed by atoms with E-state index in [9.17, 15) is 36.7 Å². The van der Waals surface area contributed by atoms with E-state index in [0.717, 1.165) is 22.3 Å². The van der Waals surface area contributed by atoms with Gasteiger partial charge in [-0.3, -0.25) is 24.1 Å². The minimum atomic E-state index is -4.66. The summed E-state index contributed by atoms with van der Waals surface area (Å²) in [5, 5.41) is 2.86. The van der Waals surface area contributed by atoms with Crippen LogP contribution in [0.2, 0.25) is 0 Å². The summed E-state index contributed by atoms with van der Waals surface area (Å²) in [6.45, 7) is -0.578. The van der Waals surface area contributed by atoms with Crippen molar-refractivity contribution in [3.8, 4) is 5.75 Å². The van der Waals surface area contributed by atoms with Gasteiger partial charge in [0.1, 0.15) is 11.6 Å². The minimum Gasteiger partial charge on any atom is -0.483 e. The van der Waals surface area contributed by atoms with Gasteiger partial charge in [0.05, 0.1) is 33.8 Å². The molecule has 4 unspecified atom stereocenters. The Kier molecular flexibility index (Phi) is 7.29. The highest BCUT2D eigenvalue weighted by molar-refractivity contribution is 8.00. The molecule has 4 aromatic rings. The maximum absolute atomic E-state index is 13.9. The number of carbonyl (C=O) groups excluding carboxylic acids is 3.